The first kappa shape index (κ1) is 18.9. The van der Waals surface area contributed by atoms with E-state index in [-0.39, 0.29) is 6.17 Å². The van der Waals surface area contributed by atoms with Gasteiger partial charge in [0, 0.05) is 23.2 Å². The molecular formula is C22H24ClN5S. The first-order valence-corrected chi connectivity index (χ1v) is 11.2. The van der Waals surface area contributed by atoms with Gasteiger partial charge in [0.05, 0.1) is 12.1 Å². The third-order valence-electron chi connectivity index (χ3n) is 5.92. The minimum Gasteiger partial charge on any atom is -0.306 e. The predicted octanol–water partition coefficient (Wildman–Crippen LogP) is 4.50. The zero-order valence-electron chi connectivity index (χ0n) is 16.5. The van der Waals surface area contributed by atoms with Gasteiger partial charge in [0.2, 0.25) is 0 Å². The van der Waals surface area contributed by atoms with E-state index in [1.54, 1.807) is 11.8 Å². The molecule has 0 aliphatic carbocycles. The summed E-state index contributed by atoms with van der Waals surface area (Å²) in [5, 5.41) is 8.63. The fraction of sp³-hybridized carbons (Fsp3) is 0.318. The lowest BCUT2D eigenvalue weighted by Crippen LogP contribution is -2.54. The largest absolute Gasteiger partial charge is 0.306 e. The summed E-state index contributed by atoms with van der Waals surface area (Å²) < 4.78 is 0. The van der Waals surface area contributed by atoms with E-state index in [4.69, 9.17) is 11.6 Å². The maximum atomic E-state index is 5.99. The first-order valence-electron chi connectivity index (χ1n) is 9.87. The lowest BCUT2D eigenvalue weighted by molar-refractivity contribution is 0.152. The summed E-state index contributed by atoms with van der Waals surface area (Å²) in [4.78, 5) is 2.26. The van der Waals surface area contributed by atoms with Crippen molar-refractivity contribution in [3.05, 3.63) is 82.1 Å². The van der Waals surface area contributed by atoms with Crippen molar-refractivity contribution in [3.63, 3.8) is 0 Å². The van der Waals surface area contributed by atoms with Crippen LogP contribution in [0.1, 0.15) is 34.7 Å². The first-order chi connectivity index (χ1) is 14.1. The highest BCUT2D eigenvalue weighted by atomic mass is 35.5. The third-order valence-corrected chi connectivity index (χ3v) is 7.21. The van der Waals surface area contributed by atoms with E-state index >= 15 is 0 Å². The van der Waals surface area contributed by atoms with Crippen molar-refractivity contribution in [3.8, 4) is 0 Å². The SMILES string of the molecule is Cc1ccc(C2CC3C4NN=C(SCc5ccc(Cl)cc5)N4C=CN3N2)cc1C. The van der Waals surface area contributed by atoms with Crippen molar-refractivity contribution >= 4 is 28.5 Å². The summed E-state index contributed by atoms with van der Waals surface area (Å²) in [7, 11) is 0. The Balaban J connectivity index is 1.26. The highest BCUT2D eigenvalue weighted by molar-refractivity contribution is 8.13. The van der Waals surface area contributed by atoms with Crippen LogP contribution in [-0.4, -0.2) is 27.3 Å². The molecule has 2 N–H and O–H groups in total. The van der Waals surface area contributed by atoms with Crippen molar-refractivity contribution in [2.24, 2.45) is 5.10 Å². The van der Waals surface area contributed by atoms with Gasteiger partial charge in [-0.15, -0.1) is 0 Å². The van der Waals surface area contributed by atoms with Gasteiger partial charge in [-0.25, -0.2) is 5.43 Å². The number of fused-ring (bicyclic) bond motifs is 3. The Kier molecular flexibility index (Phi) is 4.94. The van der Waals surface area contributed by atoms with Crippen LogP contribution in [0.5, 0.6) is 0 Å². The topological polar surface area (TPSA) is 42.9 Å². The molecule has 2 aromatic carbocycles. The van der Waals surface area contributed by atoms with Crippen LogP contribution < -0.4 is 10.9 Å². The van der Waals surface area contributed by atoms with Gasteiger partial charge in [-0.05, 0) is 54.7 Å². The van der Waals surface area contributed by atoms with Crippen LogP contribution in [0.25, 0.3) is 0 Å². The van der Waals surface area contributed by atoms with Gasteiger partial charge in [0.1, 0.15) is 6.17 Å². The number of benzene rings is 2. The molecule has 0 saturated carbocycles. The Morgan fingerprint density at radius 1 is 1.10 bits per heavy atom. The second-order valence-corrected chi connectivity index (χ2v) is 9.20. The van der Waals surface area contributed by atoms with E-state index in [1.807, 2.05) is 12.1 Å². The number of hydrazine groups is 1. The van der Waals surface area contributed by atoms with Gasteiger partial charge >= 0.3 is 0 Å². The number of thioether (sulfide) groups is 1. The van der Waals surface area contributed by atoms with Crippen molar-refractivity contribution in [2.75, 3.05) is 0 Å². The number of amidine groups is 1. The zero-order valence-corrected chi connectivity index (χ0v) is 18.0. The molecule has 3 heterocycles. The normalized spacial score (nSPS) is 24.9. The smallest absolute Gasteiger partial charge is 0.189 e. The average Bonchev–Trinajstić information content (AvgIpc) is 3.33. The summed E-state index contributed by atoms with van der Waals surface area (Å²) in [6, 6.07) is 15.4. The Morgan fingerprint density at radius 2 is 1.93 bits per heavy atom. The van der Waals surface area contributed by atoms with Crippen LogP contribution in [0.2, 0.25) is 5.02 Å². The molecule has 3 aliphatic heterocycles. The molecule has 5 nitrogen and oxygen atoms in total. The number of nitrogens with one attached hydrogen (secondary N) is 2. The van der Waals surface area contributed by atoms with Gasteiger partial charge in [0.25, 0.3) is 0 Å². The molecule has 0 amide bonds. The highest BCUT2D eigenvalue weighted by Crippen LogP contribution is 2.36. The van der Waals surface area contributed by atoms with Crippen LogP contribution >= 0.6 is 23.4 Å². The van der Waals surface area contributed by atoms with Crippen molar-refractivity contribution in [1.82, 2.24) is 20.8 Å². The molecule has 5 rings (SSSR count). The van der Waals surface area contributed by atoms with Crippen LogP contribution in [0.4, 0.5) is 0 Å². The lowest BCUT2D eigenvalue weighted by Gasteiger charge is -2.36. The Morgan fingerprint density at radius 3 is 2.72 bits per heavy atom. The second kappa shape index (κ2) is 7.59. The summed E-state index contributed by atoms with van der Waals surface area (Å²) in [5.74, 6) is 0.868. The molecule has 3 aliphatic rings. The number of rotatable bonds is 3. The maximum absolute atomic E-state index is 5.99. The highest BCUT2D eigenvalue weighted by Gasteiger charge is 2.44. The van der Waals surface area contributed by atoms with E-state index in [0.717, 1.165) is 22.4 Å². The fourth-order valence-electron chi connectivity index (χ4n) is 4.08. The predicted molar refractivity (Wildman–Crippen MR) is 120 cm³/mol. The molecule has 29 heavy (non-hydrogen) atoms. The molecular weight excluding hydrogens is 402 g/mol. The van der Waals surface area contributed by atoms with Crippen LogP contribution in [0, 0.1) is 13.8 Å². The fourth-order valence-corrected chi connectivity index (χ4v) is 5.13. The molecule has 1 saturated heterocycles. The number of hydrogen-bond acceptors (Lipinski definition) is 6. The summed E-state index contributed by atoms with van der Waals surface area (Å²) in [5.41, 5.74) is 12.3. The number of hydrazone groups is 1. The minimum absolute atomic E-state index is 0.150. The summed E-state index contributed by atoms with van der Waals surface area (Å²) in [6.45, 7) is 4.34. The molecule has 3 atom stereocenters. The number of halogens is 1. The van der Waals surface area contributed by atoms with Gasteiger partial charge in [-0.2, -0.15) is 5.10 Å². The summed E-state index contributed by atoms with van der Waals surface area (Å²) >= 11 is 7.73. The lowest BCUT2D eigenvalue weighted by atomic mass is 9.97. The monoisotopic (exact) mass is 425 g/mol. The quantitative estimate of drug-likeness (QED) is 0.758. The molecule has 7 heteroatoms. The number of nitrogens with zero attached hydrogens (tertiary/aromatic N) is 3. The van der Waals surface area contributed by atoms with E-state index in [1.165, 1.54) is 22.3 Å². The number of aryl methyl sites for hydroxylation is 2. The van der Waals surface area contributed by atoms with Gasteiger partial charge < -0.3 is 9.91 Å². The van der Waals surface area contributed by atoms with Crippen molar-refractivity contribution in [1.29, 1.82) is 0 Å². The molecule has 3 unspecified atom stereocenters. The maximum Gasteiger partial charge on any atom is 0.189 e. The van der Waals surface area contributed by atoms with Crippen LogP contribution in [0.3, 0.4) is 0 Å². The van der Waals surface area contributed by atoms with E-state index in [9.17, 15) is 0 Å². The second-order valence-electron chi connectivity index (χ2n) is 7.82. The Hall–Kier alpha value is -2.15. The van der Waals surface area contributed by atoms with E-state index in [2.05, 4.69) is 82.4 Å². The molecule has 0 radical (unpaired) electrons. The summed E-state index contributed by atoms with van der Waals surface area (Å²) in [6.07, 6.45) is 5.43. The minimum atomic E-state index is 0.150. The van der Waals surface area contributed by atoms with Gasteiger partial charge in [-0.1, -0.05) is 53.7 Å². The average molecular weight is 426 g/mol. The van der Waals surface area contributed by atoms with Gasteiger partial charge in [0.15, 0.2) is 5.17 Å². The molecule has 2 aromatic rings. The molecule has 0 spiro atoms. The van der Waals surface area contributed by atoms with Crippen molar-refractivity contribution < 1.29 is 0 Å². The van der Waals surface area contributed by atoms with Crippen LogP contribution in [0.15, 0.2) is 60.0 Å². The number of hydrogen-bond donors (Lipinski definition) is 2. The zero-order chi connectivity index (χ0) is 20.0. The van der Waals surface area contributed by atoms with Crippen LogP contribution in [-0.2, 0) is 5.75 Å². The molecule has 0 aromatic heterocycles. The van der Waals surface area contributed by atoms with E-state index < -0.39 is 0 Å². The molecule has 150 valence electrons. The standard InChI is InChI=1S/C22H24ClN5S/c1-14-3-6-17(11-15(14)2)19-12-20-21-24-25-22(27(21)9-10-28(20)26-19)29-13-16-4-7-18(23)8-5-16/h3-11,19-21,24,26H,12-13H2,1-2H3. The molecule has 0 bridgehead atoms. The Labute approximate surface area is 180 Å². The Bertz CT molecular complexity index is 974. The molecule has 1 fully saturated rings. The van der Waals surface area contributed by atoms with E-state index in [0.29, 0.717) is 12.1 Å². The third kappa shape index (κ3) is 3.61. The van der Waals surface area contributed by atoms with Gasteiger partial charge in [-0.3, -0.25) is 5.43 Å². The van der Waals surface area contributed by atoms with Crippen molar-refractivity contribution in [2.45, 2.75) is 44.3 Å².